The number of allylic oxidation sites excluding steroid dienone is 1. The Labute approximate surface area is 194 Å². The molecule has 0 aliphatic heterocycles. The zero-order valence-corrected chi connectivity index (χ0v) is 19.4. The lowest BCUT2D eigenvalue weighted by molar-refractivity contribution is 0.103. The van der Waals surface area contributed by atoms with Gasteiger partial charge in [-0.25, -0.2) is 27.2 Å². The number of nitrogens with zero attached hydrogens (tertiary/aromatic N) is 2. The molecule has 0 aliphatic carbocycles. The fourth-order valence-corrected chi connectivity index (χ4v) is 4.34. The van der Waals surface area contributed by atoms with Gasteiger partial charge in [0.25, 0.3) is 0 Å². The van der Waals surface area contributed by atoms with Gasteiger partial charge in [0, 0.05) is 19.4 Å². The molecule has 0 saturated heterocycles. The largest absolute Gasteiger partial charge is 0.392 e. The van der Waals surface area contributed by atoms with E-state index in [-0.39, 0.29) is 40.3 Å². The van der Waals surface area contributed by atoms with Crippen molar-refractivity contribution in [1.82, 2.24) is 20.3 Å². The number of benzene rings is 1. The Hall–Kier alpha value is -3.87. The molecular weight excluding hydrogens is 468 g/mol. The van der Waals surface area contributed by atoms with E-state index in [2.05, 4.69) is 30.3 Å². The SMILES string of the molecule is CCCS(=O)(=O)Nc1ccc(F)c(C(=O)c2c[nH]c3ncnc(N/C(=C/NC)C(C)=N)c23)c1F. The number of rotatable bonds is 10. The summed E-state index contributed by atoms with van der Waals surface area (Å²) < 4.78 is 56.0. The van der Waals surface area contributed by atoms with Crippen molar-refractivity contribution < 1.29 is 22.0 Å². The first kappa shape index (κ1) is 24.8. The number of carbonyl (C=O) groups excluding carboxylic acids is 1. The second-order valence-electron chi connectivity index (χ2n) is 7.28. The molecule has 2 aromatic heterocycles. The third-order valence-electron chi connectivity index (χ3n) is 4.72. The molecule has 0 spiro atoms. The van der Waals surface area contributed by atoms with Gasteiger partial charge >= 0.3 is 0 Å². The first-order chi connectivity index (χ1) is 16.1. The van der Waals surface area contributed by atoms with E-state index >= 15 is 4.39 Å². The summed E-state index contributed by atoms with van der Waals surface area (Å²) in [5.41, 5.74) is -0.891. The van der Waals surface area contributed by atoms with Crippen LogP contribution >= 0.6 is 0 Å². The second-order valence-corrected chi connectivity index (χ2v) is 9.12. The second kappa shape index (κ2) is 9.95. The summed E-state index contributed by atoms with van der Waals surface area (Å²) in [6.45, 7) is 3.17. The van der Waals surface area contributed by atoms with Crippen molar-refractivity contribution in [2.24, 2.45) is 0 Å². The lowest BCUT2D eigenvalue weighted by Crippen LogP contribution is -2.18. The van der Waals surface area contributed by atoms with Gasteiger partial charge in [-0.15, -0.1) is 0 Å². The van der Waals surface area contributed by atoms with Gasteiger partial charge in [0.1, 0.15) is 23.6 Å². The summed E-state index contributed by atoms with van der Waals surface area (Å²) in [7, 11) is -2.24. The number of hydrogen-bond donors (Lipinski definition) is 5. The number of hydrogen-bond acceptors (Lipinski definition) is 8. The number of ketones is 1. The van der Waals surface area contributed by atoms with Crippen molar-refractivity contribution in [3.05, 3.63) is 59.3 Å². The molecule has 0 aliphatic rings. The standard InChI is InChI=1S/C21H23F2N7O3S/c1-4-7-34(32,33)30-14-6-5-13(22)17(18(14)23)19(31)12-8-26-20-16(12)21(28-10-27-20)29-15(9-25-3)11(2)24/h5-6,8-10,24-25,30H,4,7H2,1-3H3,(H2,26,27,28,29)/b15-9+,24-11?. The van der Waals surface area contributed by atoms with Crippen molar-refractivity contribution >= 4 is 44.1 Å². The molecule has 180 valence electrons. The van der Waals surface area contributed by atoms with Crippen molar-refractivity contribution in [3.8, 4) is 0 Å². The molecule has 0 radical (unpaired) electrons. The topological polar surface area (TPSA) is 153 Å². The third kappa shape index (κ3) is 5.03. The maximum Gasteiger partial charge on any atom is 0.232 e. The number of carbonyl (C=O) groups is 1. The Morgan fingerprint density at radius 3 is 2.65 bits per heavy atom. The Morgan fingerprint density at radius 1 is 1.26 bits per heavy atom. The molecule has 0 unspecified atom stereocenters. The predicted molar refractivity (Wildman–Crippen MR) is 126 cm³/mol. The van der Waals surface area contributed by atoms with Crippen LogP contribution in [0.3, 0.4) is 0 Å². The Bertz CT molecular complexity index is 1400. The number of nitrogens with one attached hydrogen (secondary N) is 5. The maximum atomic E-state index is 15.2. The fraction of sp³-hybridized carbons (Fsp3) is 0.238. The maximum absolute atomic E-state index is 15.2. The van der Waals surface area contributed by atoms with Gasteiger partial charge in [0.15, 0.2) is 5.82 Å². The number of aromatic amines is 1. The molecule has 0 fully saturated rings. The molecule has 2 heterocycles. The highest BCUT2D eigenvalue weighted by atomic mass is 32.2. The number of H-pyrrole nitrogens is 1. The Balaban J connectivity index is 2.12. The monoisotopic (exact) mass is 491 g/mol. The summed E-state index contributed by atoms with van der Waals surface area (Å²) in [6, 6.07) is 1.73. The van der Waals surface area contributed by atoms with Crippen LogP contribution in [0.1, 0.15) is 36.2 Å². The average Bonchev–Trinajstić information content (AvgIpc) is 3.20. The average molecular weight is 492 g/mol. The zero-order chi connectivity index (χ0) is 25.0. The molecular formula is C21H23F2N7O3S. The van der Waals surface area contributed by atoms with E-state index in [4.69, 9.17) is 5.41 Å². The van der Waals surface area contributed by atoms with E-state index in [1.807, 2.05) is 0 Å². The van der Waals surface area contributed by atoms with E-state index in [0.29, 0.717) is 5.70 Å². The number of halogens is 2. The molecule has 1 aromatic carbocycles. The smallest absolute Gasteiger partial charge is 0.232 e. The van der Waals surface area contributed by atoms with E-state index in [9.17, 15) is 17.6 Å². The molecule has 0 amide bonds. The lowest BCUT2D eigenvalue weighted by atomic mass is 10.0. The minimum Gasteiger partial charge on any atom is -0.392 e. The van der Waals surface area contributed by atoms with Crippen LogP contribution in [0, 0.1) is 17.0 Å². The van der Waals surface area contributed by atoms with E-state index in [1.165, 1.54) is 25.6 Å². The summed E-state index contributed by atoms with van der Waals surface area (Å²) >= 11 is 0. The molecule has 3 aromatic rings. The minimum atomic E-state index is -3.88. The van der Waals surface area contributed by atoms with Crippen LogP contribution in [0.15, 0.2) is 36.6 Å². The van der Waals surface area contributed by atoms with E-state index < -0.39 is 38.7 Å². The van der Waals surface area contributed by atoms with Gasteiger partial charge in [-0.05, 0) is 25.5 Å². The minimum absolute atomic E-state index is 0.128. The van der Waals surface area contributed by atoms with Gasteiger partial charge in [-0.1, -0.05) is 6.92 Å². The highest BCUT2D eigenvalue weighted by molar-refractivity contribution is 7.92. The first-order valence-corrected chi connectivity index (χ1v) is 11.8. The van der Waals surface area contributed by atoms with Crippen molar-refractivity contribution in [2.45, 2.75) is 20.3 Å². The van der Waals surface area contributed by atoms with Crippen molar-refractivity contribution in [2.75, 3.05) is 22.8 Å². The van der Waals surface area contributed by atoms with Crippen LogP contribution < -0.4 is 15.4 Å². The van der Waals surface area contributed by atoms with E-state index in [1.54, 1.807) is 14.0 Å². The van der Waals surface area contributed by atoms with Gasteiger partial charge in [-0.3, -0.25) is 9.52 Å². The highest BCUT2D eigenvalue weighted by Gasteiger charge is 2.27. The Morgan fingerprint density at radius 2 is 2.00 bits per heavy atom. The predicted octanol–water partition coefficient (Wildman–Crippen LogP) is 3.13. The molecule has 0 bridgehead atoms. The summed E-state index contributed by atoms with van der Waals surface area (Å²) in [4.78, 5) is 24.2. The van der Waals surface area contributed by atoms with Crippen LogP contribution in [0.25, 0.3) is 11.0 Å². The van der Waals surface area contributed by atoms with Gasteiger partial charge in [0.05, 0.1) is 39.4 Å². The molecule has 0 atom stereocenters. The highest BCUT2D eigenvalue weighted by Crippen LogP contribution is 2.30. The molecule has 10 nitrogen and oxygen atoms in total. The molecule has 34 heavy (non-hydrogen) atoms. The van der Waals surface area contributed by atoms with Crippen molar-refractivity contribution in [1.29, 1.82) is 5.41 Å². The lowest BCUT2D eigenvalue weighted by Gasteiger charge is -2.12. The summed E-state index contributed by atoms with van der Waals surface area (Å²) in [6.07, 6.45) is 4.25. The molecule has 13 heteroatoms. The first-order valence-electron chi connectivity index (χ1n) is 10.1. The normalized spacial score (nSPS) is 12.0. The van der Waals surface area contributed by atoms with Crippen LogP contribution in [-0.2, 0) is 10.0 Å². The molecule has 0 saturated carbocycles. The van der Waals surface area contributed by atoms with Crippen LogP contribution in [0.4, 0.5) is 20.3 Å². The Kier molecular flexibility index (Phi) is 7.25. The number of fused-ring (bicyclic) bond motifs is 1. The van der Waals surface area contributed by atoms with Crippen LogP contribution in [-0.4, -0.2) is 47.7 Å². The van der Waals surface area contributed by atoms with Gasteiger partial charge in [0.2, 0.25) is 15.8 Å². The molecule has 3 rings (SSSR count). The van der Waals surface area contributed by atoms with Crippen LogP contribution in [0.2, 0.25) is 0 Å². The third-order valence-corrected chi connectivity index (χ3v) is 6.19. The number of aromatic nitrogens is 3. The fourth-order valence-electron chi connectivity index (χ4n) is 3.21. The zero-order valence-electron chi connectivity index (χ0n) is 18.6. The van der Waals surface area contributed by atoms with E-state index in [0.717, 1.165) is 12.1 Å². The summed E-state index contributed by atoms with van der Waals surface area (Å²) in [5, 5.41) is 13.7. The summed E-state index contributed by atoms with van der Waals surface area (Å²) in [5.74, 6) is -3.68. The molecule has 5 N–H and O–H groups in total. The number of anilines is 2. The van der Waals surface area contributed by atoms with Crippen molar-refractivity contribution in [3.63, 3.8) is 0 Å². The van der Waals surface area contributed by atoms with Gasteiger partial charge < -0.3 is 21.0 Å². The number of sulfonamides is 1. The van der Waals surface area contributed by atoms with Gasteiger partial charge in [-0.2, -0.15) is 0 Å². The quantitative estimate of drug-likeness (QED) is 0.216. The van der Waals surface area contributed by atoms with Crippen LogP contribution in [0.5, 0.6) is 0 Å².